The van der Waals surface area contributed by atoms with Gasteiger partial charge in [-0.05, 0) is 31.7 Å². The smallest absolute Gasteiger partial charge is 0.303 e. The van der Waals surface area contributed by atoms with Gasteiger partial charge in [0.25, 0.3) is 0 Å². The molecule has 2 aliphatic heterocycles. The predicted octanol–water partition coefficient (Wildman–Crippen LogP) is 0.993. The van der Waals surface area contributed by atoms with E-state index in [0.717, 1.165) is 38.9 Å². The number of hydrogen-bond acceptors (Lipinski definition) is 3. The summed E-state index contributed by atoms with van der Waals surface area (Å²) < 4.78 is 0. The zero-order valence-corrected chi connectivity index (χ0v) is 11.3. The van der Waals surface area contributed by atoms with Crippen molar-refractivity contribution < 1.29 is 14.7 Å². The summed E-state index contributed by atoms with van der Waals surface area (Å²) in [7, 11) is 0. The van der Waals surface area contributed by atoms with Crippen molar-refractivity contribution in [3.05, 3.63) is 0 Å². The van der Waals surface area contributed by atoms with Gasteiger partial charge in [0, 0.05) is 19.5 Å². The first kappa shape index (κ1) is 15.0. The fourth-order valence-electron chi connectivity index (χ4n) is 2.43. The quantitative estimate of drug-likeness (QED) is 0.688. The molecule has 2 saturated heterocycles. The largest absolute Gasteiger partial charge is 0.481 e. The molecule has 1 spiro atoms. The van der Waals surface area contributed by atoms with Crippen molar-refractivity contribution in [2.75, 3.05) is 19.6 Å². The van der Waals surface area contributed by atoms with E-state index in [1.54, 1.807) is 0 Å². The number of carbonyl (C=O) groups excluding carboxylic acids is 1. The first-order chi connectivity index (χ1) is 8.46. The summed E-state index contributed by atoms with van der Waals surface area (Å²) in [6, 6.07) is 0. The van der Waals surface area contributed by atoms with Crippen molar-refractivity contribution in [3.8, 4) is 0 Å². The van der Waals surface area contributed by atoms with Crippen LogP contribution in [0, 0.1) is 11.3 Å². The number of carboxylic acids is 1. The molecular formula is C13H24N2O3. The molecule has 1 atom stereocenters. The lowest BCUT2D eigenvalue weighted by atomic mass is 9.79. The summed E-state index contributed by atoms with van der Waals surface area (Å²) in [5.41, 5.74) is -0.0295. The number of carboxylic acid groups (broad SMARTS) is 1. The monoisotopic (exact) mass is 256 g/mol. The van der Waals surface area contributed by atoms with Gasteiger partial charge in [-0.15, -0.1) is 0 Å². The molecule has 18 heavy (non-hydrogen) atoms. The summed E-state index contributed by atoms with van der Waals surface area (Å²) >= 11 is 0. The lowest BCUT2D eigenvalue weighted by Gasteiger charge is -2.31. The van der Waals surface area contributed by atoms with Crippen LogP contribution in [0.2, 0.25) is 0 Å². The van der Waals surface area contributed by atoms with E-state index in [1.807, 2.05) is 13.8 Å². The van der Waals surface area contributed by atoms with Crippen LogP contribution in [-0.2, 0) is 9.59 Å². The van der Waals surface area contributed by atoms with Crippen LogP contribution >= 0.6 is 0 Å². The second-order valence-corrected chi connectivity index (χ2v) is 5.56. The lowest BCUT2D eigenvalue weighted by Crippen LogP contribution is -2.47. The van der Waals surface area contributed by atoms with Crippen molar-refractivity contribution in [2.24, 2.45) is 11.3 Å². The van der Waals surface area contributed by atoms with Crippen molar-refractivity contribution in [2.45, 2.75) is 39.5 Å². The van der Waals surface area contributed by atoms with E-state index in [2.05, 4.69) is 10.6 Å². The van der Waals surface area contributed by atoms with Gasteiger partial charge in [0.2, 0.25) is 5.91 Å². The summed E-state index contributed by atoms with van der Waals surface area (Å²) in [5, 5.41) is 14.3. The van der Waals surface area contributed by atoms with Crippen molar-refractivity contribution >= 4 is 11.9 Å². The van der Waals surface area contributed by atoms with Gasteiger partial charge in [-0.3, -0.25) is 9.59 Å². The second kappa shape index (κ2) is 6.73. The molecule has 104 valence electrons. The highest BCUT2D eigenvalue weighted by atomic mass is 16.4. The van der Waals surface area contributed by atoms with E-state index in [4.69, 9.17) is 5.11 Å². The zero-order valence-electron chi connectivity index (χ0n) is 11.3. The Bertz CT molecular complexity index is 297. The standard InChI is InChI=1S/C8H14N2O.C5H10O2/c11-7-8(2-1-4-10-7)3-5-9-6-8;1-4(2)3-5(6)7/h9H,1-6H2,(H,10,11);4H,3H2,1-2H3,(H,6,7). The number of aliphatic carboxylic acids is 1. The Hall–Kier alpha value is -1.10. The Balaban J connectivity index is 0.000000203. The number of carbonyl (C=O) groups is 2. The highest BCUT2D eigenvalue weighted by molar-refractivity contribution is 5.83. The third-order valence-corrected chi connectivity index (χ3v) is 3.43. The predicted molar refractivity (Wildman–Crippen MR) is 69.3 cm³/mol. The average molecular weight is 256 g/mol. The topological polar surface area (TPSA) is 78.4 Å². The number of piperidine rings is 1. The minimum Gasteiger partial charge on any atom is -0.481 e. The van der Waals surface area contributed by atoms with Crippen molar-refractivity contribution in [3.63, 3.8) is 0 Å². The third-order valence-electron chi connectivity index (χ3n) is 3.43. The van der Waals surface area contributed by atoms with Gasteiger partial charge < -0.3 is 15.7 Å². The van der Waals surface area contributed by atoms with Gasteiger partial charge >= 0.3 is 5.97 Å². The number of amides is 1. The zero-order chi connectivity index (χ0) is 13.6. The highest BCUT2D eigenvalue weighted by Crippen LogP contribution is 2.33. The molecule has 0 radical (unpaired) electrons. The van der Waals surface area contributed by atoms with Crippen LogP contribution < -0.4 is 10.6 Å². The summed E-state index contributed by atoms with van der Waals surface area (Å²) in [5.74, 6) is -0.166. The Morgan fingerprint density at radius 1 is 1.39 bits per heavy atom. The Morgan fingerprint density at radius 3 is 2.50 bits per heavy atom. The van der Waals surface area contributed by atoms with Crippen LogP contribution in [0.4, 0.5) is 0 Å². The fraction of sp³-hybridized carbons (Fsp3) is 0.846. The Labute approximate surface area is 108 Å². The summed E-state index contributed by atoms with van der Waals surface area (Å²) in [6.45, 7) is 6.54. The summed E-state index contributed by atoms with van der Waals surface area (Å²) in [6.07, 6.45) is 3.53. The molecule has 0 aromatic heterocycles. The maximum Gasteiger partial charge on any atom is 0.303 e. The minimum atomic E-state index is -0.713. The van der Waals surface area contributed by atoms with Crippen LogP contribution in [0.25, 0.3) is 0 Å². The molecule has 2 fully saturated rings. The molecule has 0 aromatic rings. The van der Waals surface area contributed by atoms with Gasteiger partial charge in [0.15, 0.2) is 0 Å². The van der Waals surface area contributed by atoms with Crippen LogP contribution in [0.5, 0.6) is 0 Å². The van der Waals surface area contributed by atoms with E-state index in [1.165, 1.54) is 0 Å². The normalized spacial score (nSPS) is 26.7. The molecular weight excluding hydrogens is 232 g/mol. The molecule has 1 unspecified atom stereocenters. The second-order valence-electron chi connectivity index (χ2n) is 5.56. The van der Waals surface area contributed by atoms with Crippen LogP contribution in [0.1, 0.15) is 39.5 Å². The molecule has 5 heteroatoms. The molecule has 5 nitrogen and oxygen atoms in total. The SMILES string of the molecule is CC(C)CC(=O)O.O=C1NCCCC12CCNC2. The van der Waals surface area contributed by atoms with Crippen molar-refractivity contribution in [1.29, 1.82) is 0 Å². The van der Waals surface area contributed by atoms with Gasteiger partial charge in [-0.2, -0.15) is 0 Å². The van der Waals surface area contributed by atoms with E-state index in [0.29, 0.717) is 0 Å². The molecule has 2 rings (SSSR count). The maximum absolute atomic E-state index is 11.5. The molecule has 2 heterocycles. The van der Waals surface area contributed by atoms with Crippen LogP contribution in [0.15, 0.2) is 0 Å². The number of hydrogen-bond donors (Lipinski definition) is 3. The Morgan fingerprint density at radius 2 is 2.11 bits per heavy atom. The first-order valence-electron chi connectivity index (χ1n) is 6.67. The molecule has 0 aromatic carbocycles. The highest BCUT2D eigenvalue weighted by Gasteiger charge is 2.42. The molecule has 2 aliphatic rings. The van der Waals surface area contributed by atoms with Crippen LogP contribution in [-0.4, -0.2) is 36.6 Å². The molecule has 0 bridgehead atoms. The van der Waals surface area contributed by atoms with E-state index < -0.39 is 5.97 Å². The maximum atomic E-state index is 11.5. The van der Waals surface area contributed by atoms with E-state index in [-0.39, 0.29) is 23.7 Å². The average Bonchev–Trinajstić information content (AvgIpc) is 2.71. The van der Waals surface area contributed by atoms with E-state index in [9.17, 15) is 9.59 Å². The summed E-state index contributed by atoms with van der Waals surface area (Å²) in [4.78, 5) is 21.3. The molecule has 0 aliphatic carbocycles. The minimum absolute atomic E-state index is 0.0295. The molecule has 1 amide bonds. The molecule has 3 N–H and O–H groups in total. The lowest BCUT2D eigenvalue weighted by molar-refractivity contribution is -0.137. The molecule has 0 saturated carbocycles. The third kappa shape index (κ3) is 4.29. The number of nitrogens with one attached hydrogen (secondary N) is 2. The van der Waals surface area contributed by atoms with Gasteiger partial charge in [-0.25, -0.2) is 0 Å². The van der Waals surface area contributed by atoms with E-state index >= 15 is 0 Å². The van der Waals surface area contributed by atoms with Crippen molar-refractivity contribution in [1.82, 2.24) is 10.6 Å². The van der Waals surface area contributed by atoms with Gasteiger partial charge in [0.1, 0.15) is 0 Å². The van der Waals surface area contributed by atoms with Gasteiger partial charge in [-0.1, -0.05) is 13.8 Å². The first-order valence-corrected chi connectivity index (χ1v) is 6.67. The van der Waals surface area contributed by atoms with Crippen LogP contribution in [0.3, 0.4) is 0 Å². The fourth-order valence-corrected chi connectivity index (χ4v) is 2.43. The van der Waals surface area contributed by atoms with Gasteiger partial charge in [0.05, 0.1) is 5.41 Å². The number of rotatable bonds is 2. The Kier molecular flexibility index (Phi) is 5.59.